The third-order valence-electron chi connectivity index (χ3n) is 7.00. The molecule has 0 aliphatic carbocycles. The van der Waals surface area contributed by atoms with Crippen LogP contribution in [0.5, 0.6) is 5.75 Å². The van der Waals surface area contributed by atoms with Crippen LogP contribution >= 0.6 is 45.2 Å². The molecular formula is C31H52CaI2O4. The van der Waals surface area contributed by atoms with E-state index in [2.05, 4.69) is 59.0 Å². The summed E-state index contributed by atoms with van der Waals surface area (Å²) in [6.07, 6.45) is 23.1. The van der Waals surface area contributed by atoms with Crippen molar-refractivity contribution in [2.75, 3.05) is 0 Å². The minimum atomic E-state index is -0.738. The van der Waals surface area contributed by atoms with Gasteiger partial charge in [-0.05, 0) is 82.1 Å². The minimum Gasteiger partial charge on any atom is -1.00 e. The first kappa shape index (κ1) is 38.9. The summed E-state index contributed by atoms with van der Waals surface area (Å²) in [6, 6.07) is 3.92. The zero-order chi connectivity index (χ0) is 27.3. The number of hydrogen-bond donors (Lipinski definition) is 1. The summed E-state index contributed by atoms with van der Waals surface area (Å²) in [7, 11) is 0. The Bertz CT molecular complexity index is 761. The molecule has 1 aromatic rings. The third-order valence-corrected chi connectivity index (χ3v) is 8.60. The van der Waals surface area contributed by atoms with Crippen LogP contribution in [0.4, 0.5) is 0 Å². The Balaban J connectivity index is -0.00000456. The Morgan fingerprint density at radius 2 is 1.18 bits per heavy atom. The minimum absolute atomic E-state index is 0. The summed E-state index contributed by atoms with van der Waals surface area (Å²) >= 11 is 4.38. The molecular weight excluding hydrogens is 730 g/mol. The molecule has 0 saturated carbocycles. The van der Waals surface area contributed by atoms with Crippen LogP contribution in [-0.2, 0) is 16.0 Å². The Morgan fingerprint density at radius 3 is 1.61 bits per heavy atom. The van der Waals surface area contributed by atoms with Crippen LogP contribution in [0.15, 0.2) is 12.1 Å². The number of carbonyl (C=O) groups is 2. The van der Waals surface area contributed by atoms with E-state index < -0.39 is 5.97 Å². The summed E-state index contributed by atoms with van der Waals surface area (Å²) in [5.41, 5.74) is 0.986. The van der Waals surface area contributed by atoms with E-state index in [0.717, 1.165) is 38.4 Å². The third kappa shape index (κ3) is 19.1. The van der Waals surface area contributed by atoms with Crippen LogP contribution in [0.25, 0.3) is 0 Å². The van der Waals surface area contributed by atoms with Gasteiger partial charge in [-0.2, -0.15) is 0 Å². The number of carbonyl (C=O) groups excluding carboxylic acids is 1. The van der Waals surface area contributed by atoms with Crippen LogP contribution in [0.1, 0.15) is 144 Å². The topological polar surface area (TPSA) is 63.6 Å². The van der Waals surface area contributed by atoms with Gasteiger partial charge in [0, 0.05) is 6.42 Å². The molecule has 1 N–H and O–H groups in total. The summed E-state index contributed by atoms with van der Waals surface area (Å²) < 4.78 is 7.43. The molecule has 7 heteroatoms. The van der Waals surface area contributed by atoms with E-state index in [1.54, 1.807) is 0 Å². The summed E-state index contributed by atoms with van der Waals surface area (Å²) in [5, 5.41) is 9.53. The summed E-state index contributed by atoms with van der Waals surface area (Å²) in [4.78, 5) is 24.0. The SMILES string of the molecule is CCCCCCCCCCCCCCCCCC(=O)Oc1c(I)cc(CC(CCCC)C(=O)O)cc1I.[Ca+2].[H-].[H-]. The molecule has 4 nitrogen and oxygen atoms in total. The second kappa shape index (κ2) is 25.6. The number of rotatable bonds is 23. The largest absolute Gasteiger partial charge is 2.00 e. The molecule has 0 aromatic heterocycles. The van der Waals surface area contributed by atoms with Crippen molar-refractivity contribution in [2.24, 2.45) is 5.92 Å². The maximum absolute atomic E-state index is 12.4. The van der Waals surface area contributed by atoms with Gasteiger partial charge in [-0.1, -0.05) is 117 Å². The molecule has 0 saturated heterocycles. The van der Waals surface area contributed by atoms with Gasteiger partial charge in [-0.25, -0.2) is 0 Å². The number of unbranched alkanes of at least 4 members (excludes halogenated alkanes) is 15. The van der Waals surface area contributed by atoms with Gasteiger partial charge in [-0.3, -0.25) is 9.59 Å². The van der Waals surface area contributed by atoms with Crippen molar-refractivity contribution < 1.29 is 22.3 Å². The number of benzene rings is 1. The van der Waals surface area contributed by atoms with Crippen molar-refractivity contribution in [1.29, 1.82) is 0 Å². The van der Waals surface area contributed by atoms with Crippen molar-refractivity contribution >= 4 is 94.9 Å². The fraction of sp³-hybridized carbons (Fsp3) is 0.742. The molecule has 38 heavy (non-hydrogen) atoms. The van der Waals surface area contributed by atoms with Crippen molar-refractivity contribution in [1.82, 2.24) is 0 Å². The van der Waals surface area contributed by atoms with E-state index in [9.17, 15) is 14.7 Å². The van der Waals surface area contributed by atoms with E-state index in [4.69, 9.17) is 4.74 Å². The molecule has 216 valence electrons. The molecule has 0 aliphatic heterocycles. The van der Waals surface area contributed by atoms with Gasteiger partial charge in [0.05, 0.1) is 13.1 Å². The van der Waals surface area contributed by atoms with Crippen molar-refractivity contribution in [3.05, 3.63) is 24.8 Å². The second-order valence-electron chi connectivity index (χ2n) is 10.4. The van der Waals surface area contributed by atoms with Gasteiger partial charge in [0.2, 0.25) is 0 Å². The Kier molecular flexibility index (Phi) is 26.2. The number of carboxylic acid groups (broad SMARTS) is 1. The van der Waals surface area contributed by atoms with Crippen LogP contribution < -0.4 is 4.74 Å². The Morgan fingerprint density at radius 1 is 0.763 bits per heavy atom. The first-order valence-corrected chi connectivity index (χ1v) is 17.0. The number of aliphatic carboxylic acids is 1. The smallest absolute Gasteiger partial charge is 1.00 e. The quantitative estimate of drug-likeness (QED) is 0.0395. The van der Waals surface area contributed by atoms with Gasteiger partial charge in [0.1, 0.15) is 0 Å². The van der Waals surface area contributed by atoms with Gasteiger partial charge in [0.15, 0.2) is 5.75 Å². The predicted molar refractivity (Wildman–Crippen MR) is 179 cm³/mol. The maximum atomic E-state index is 12.4. The fourth-order valence-electron chi connectivity index (χ4n) is 4.68. The number of ether oxygens (including phenoxy) is 1. The van der Waals surface area contributed by atoms with Crippen molar-refractivity contribution in [2.45, 2.75) is 142 Å². The van der Waals surface area contributed by atoms with E-state index in [1.807, 2.05) is 12.1 Å². The number of esters is 1. The van der Waals surface area contributed by atoms with Crippen LogP contribution in [0.2, 0.25) is 0 Å². The molecule has 0 heterocycles. The molecule has 1 aromatic carbocycles. The van der Waals surface area contributed by atoms with Gasteiger partial charge in [0.25, 0.3) is 0 Å². The van der Waals surface area contributed by atoms with Crippen LogP contribution in [0, 0.1) is 13.1 Å². The standard InChI is InChI=1S/C31H50I2O4.Ca.2H/c1-3-5-7-8-9-10-11-12-13-14-15-16-17-18-19-21-29(34)37-30-27(32)23-25(24-28(30)33)22-26(31(35)36)20-6-4-2;;;/h23-24,26H,3-22H2,1-2H3,(H,35,36);;;/q;+2;2*-1. The summed E-state index contributed by atoms with van der Waals surface area (Å²) in [5.74, 6) is -0.677. The number of hydrogen-bond acceptors (Lipinski definition) is 3. The zero-order valence-corrected chi connectivity index (χ0v) is 30.5. The Hall–Kier alpha value is 0.880. The zero-order valence-electron chi connectivity index (χ0n) is 26.0. The molecule has 0 amide bonds. The van der Waals surface area contributed by atoms with E-state index in [0.29, 0.717) is 25.0 Å². The van der Waals surface area contributed by atoms with Crippen LogP contribution in [0.3, 0.4) is 0 Å². The van der Waals surface area contributed by atoms with Gasteiger partial charge >= 0.3 is 49.7 Å². The molecule has 0 bridgehead atoms. The molecule has 0 radical (unpaired) electrons. The second-order valence-corrected chi connectivity index (χ2v) is 12.8. The van der Waals surface area contributed by atoms with E-state index >= 15 is 0 Å². The van der Waals surface area contributed by atoms with Crippen molar-refractivity contribution in [3.63, 3.8) is 0 Å². The van der Waals surface area contributed by atoms with E-state index in [-0.39, 0.29) is 52.5 Å². The first-order chi connectivity index (χ1) is 17.9. The van der Waals surface area contributed by atoms with Crippen molar-refractivity contribution in [3.8, 4) is 5.75 Å². The monoisotopic (exact) mass is 782 g/mol. The molecule has 1 rings (SSSR count). The normalized spacial score (nSPS) is 11.7. The average Bonchev–Trinajstić information content (AvgIpc) is 2.86. The van der Waals surface area contributed by atoms with Gasteiger partial charge < -0.3 is 12.7 Å². The molecule has 1 atom stereocenters. The molecule has 0 aliphatic rings. The molecule has 0 spiro atoms. The van der Waals surface area contributed by atoms with Gasteiger partial charge in [-0.15, -0.1) is 0 Å². The Labute approximate surface area is 292 Å². The molecule has 0 fully saturated rings. The first-order valence-electron chi connectivity index (χ1n) is 14.8. The summed E-state index contributed by atoms with van der Waals surface area (Å²) in [6.45, 7) is 4.35. The number of halogens is 2. The fourth-order valence-corrected chi connectivity index (χ4v) is 6.80. The number of carboxylic acids is 1. The average molecular weight is 783 g/mol. The predicted octanol–water partition coefficient (Wildman–Crippen LogP) is 10.3. The van der Waals surface area contributed by atoms with Crippen LogP contribution in [-0.4, -0.2) is 54.8 Å². The molecule has 1 unspecified atom stereocenters. The maximum Gasteiger partial charge on any atom is 2.00 e. The van der Waals surface area contributed by atoms with E-state index in [1.165, 1.54) is 83.5 Å².